The van der Waals surface area contributed by atoms with Crippen molar-refractivity contribution >= 4 is 11.9 Å². The molecule has 4 rings (SSSR count). The van der Waals surface area contributed by atoms with E-state index >= 15 is 0 Å². The lowest BCUT2D eigenvalue weighted by Crippen LogP contribution is -2.15. The predicted molar refractivity (Wildman–Crippen MR) is 120 cm³/mol. The van der Waals surface area contributed by atoms with Gasteiger partial charge in [0.1, 0.15) is 17.0 Å². The van der Waals surface area contributed by atoms with Crippen LogP contribution < -0.4 is 4.74 Å². The summed E-state index contributed by atoms with van der Waals surface area (Å²) in [6.45, 7) is 0.445. The number of benzene rings is 2. The quantitative estimate of drug-likeness (QED) is 0.402. The number of carbonyl (C=O) groups excluding carboxylic acids is 2. The van der Waals surface area contributed by atoms with E-state index in [2.05, 4.69) is 10.2 Å². The van der Waals surface area contributed by atoms with Gasteiger partial charge in [0.05, 0.1) is 33.6 Å². The van der Waals surface area contributed by atoms with Gasteiger partial charge in [0.2, 0.25) is 0 Å². The van der Waals surface area contributed by atoms with Crippen LogP contribution >= 0.6 is 0 Å². The Hall–Kier alpha value is -4.40. The maximum Gasteiger partial charge on any atom is 0.357 e. The zero-order valence-corrected chi connectivity index (χ0v) is 18.4. The molecule has 0 spiro atoms. The van der Waals surface area contributed by atoms with E-state index < -0.39 is 11.9 Å². The van der Waals surface area contributed by atoms with Gasteiger partial charge in [0, 0.05) is 23.5 Å². The zero-order valence-electron chi connectivity index (χ0n) is 18.4. The fraction of sp³-hybridized carbons (Fsp3) is 0.167. The molecule has 9 heteroatoms. The largest absolute Gasteiger partial charge is 0.496 e. The molecule has 0 unspecified atom stereocenters. The Bertz CT molecular complexity index is 1280. The standard InChI is InChI=1S/C24H22N4O5/c1-31-19-11-10-16(14-17(19)15-27-13-7-12-25-27)21-20(23(29)32-2)22(24(30)33-3)28(26-21)18-8-5-4-6-9-18/h4-14H,15H2,1-3H3. The average Bonchev–Trinajstić information content (AvgIpc) is 3.51. The minimum atomic E-state index is -0.705. The fourth-order valence-corrected chi connectivity index (χ4v) is 3.57. The highest BCUT2D eigenvalue weighted by molar-refractivity contribution is 6.06. The van der Waals surface area contributed by atoms with Crippen molar-refractivity contribution in [1.29, 1.82) is 0 Å². The van der Waals surface area contributed by atoms with Crippen LogP contribution in [0.1, 0.15) is 26.4 Å². The summed E-state index contributed by atoms with van der Waals surface area (Å²) in [6, 6.07) is 16.3. The molecule has 0 amide bonds. The van der Waals surface area contributed by atoms with Crippen LogP contribution in [0.25, 0.3) is 16.9 Å². The lowest BCUT2D eigenvalue weighted by Gasteiger charge is -2.11. The first-order chi connectivity index (χ1) is 16.1. The van der Waals surface area contributed by atoms with Crippen LogP contribution in [0.4, 0.5) is 0 Å². The summed E-state index contributed by atoms with van der Waals surface area (Å²) < 4.78 is 18.6. The van der Waals surface area contributed by atoms with E-state index in [1.807, 2.05) is 36.5 Å². The van der Waals surface area contributed by atoms with Gasteiger partial charge in [-0.05, 0) is 36.4 Å². The molecule has 0 N–H and O–H groups in total. The van der Waals surface area contributed by atoms with Crippen LogP contribution in [0.15, 0.2) is 67.0 Å². The fourth-order valence-electron chi connectivity index (χ4n) is 3.57. The summed E-state index contributed by atoms with van der Waals surface area (Å²) in [6.07, 6.45) is 3.53. The number of methoxy groups -OCH3 is 3. The Balaban J connectivity index is 1.94. The monoisotopic (exact) mass is 446 g/mol. The molecule has 0 aliphatic rings. The molecule has 33 heavy (non-hydrogen) atoms. The molecule has 4 aromatic rings. The normalized spacial score (nSPS) is 10.6. The van der Waals surface area contributed by atoms with Gasteiger partial charge in [-0.15, -0.1) is 0 Å². The molecule has 2 aromatic heterocycles. The molecule has 0 saturated carbocycles. The van der Waals surface area contributed by atoms with E-state index in [-0.39, 0.29) is 17.0 Å². The Morgan fingerprint density at radius 3 is 2.33 bits per heavy atom. The number of para-hydroxylation sites is 1. The lowest BCUT2D eigenvalue weighted by atomic mass is 10.0. The van der Waals surface area contributed by atoms with Crippen molar-refractivity contribution in [2.24, 2.45) is 0 Å². The number of aromatic nitrogens is 4. The van der Waals surface area contributed by atoms with Crippen molar-refractivity contribution in [3.05, 3.63) is 83.8 Å². The maximum absolute atomic E-state index is 12.8. The highest BCUT2D eigenvalue weighted by Crippen LogP contribution is 2.32. The van der Waals surface area contributed by atoms with Crippen LogP contribution in [-0.2, 0) is 16.0 Å². The minimum Gasteiger partial charge on any atom is -0.496 e. The van der Waals surface area contributed by atoms with Crippen molar-refractivity contribution < 1.29 is 23.8 Å². The van der Waals surface area contributed by atoms with Crippen molar-refractivity contribution in [2.45, 2.75) is 6.54 Å². The van der Waals surface area contributed by atoms with Crippen LogP contribution in [0, 0.1) is 0 Å². The smallest absolute Gasteiger partial charge is 0.357 e. The first-order valence-corrected chi connectivity index (χ1v) is 10.1. The Labute approximate surface area is 190 Å². The topological polar surface area (TPSA) is 97.5 Å². The van der Waals surface area contributed by atoms with Crippen LogP contribution in [-0.4, -0.2) is 52.8 Å². The molecule has 0 radical (unpaired) electrons. The second kappa shape index (κ2) is 9.39. The molecule has 2 heterocycles. The number of ether oxygens (including phenoxy) is 3. The van der Waals surface area contributed by atoms with Crippen LogP contribution in [0.5, 0.6) is 5.75 Å². The molecule has 168 valence electrons. The Kier molecular flexibility index (Phi) is 6.21. The number of carbonyl (C=O) groups is 2. The van der Waals surface area contributed by atoms with E-state index in [9.17, 15) is 9.59 Å². The van der Waals surface area contributed by atoms with Gasteiger partial charge in [0.15, 0.2) is 5.69 Å². The molecule has 0 fully saturated rings. The third-order valence-electron chi connectivity index (χ3n) is 5.10. The second-order valence-electron chi connectivity index (χ2n) is 7.03. The van der Waals surface area contributed by atoms with Crippen molar-refractivity contribution in [3.63, 3.8) is 0 Å². The molecular formula is C24H22N4O5. The maximum atomic E-state index is 12.8. The van der Waals surface area contributed by atoms with Gasteiger partial charge in [-0.1, -0.05) is 18.2 Å². The summed E-state index contributed by atoms with van der Waals surface area (Å²) in [5.74, 6) is -0.746. The minimum absolute atomic E-state index is 0.0170. The van der Waals surface area contributed by atoms with Crippen LogP contribution in [0.2, 0.25) is 0 Å². The molecule has 0 bridgehead atoms. The summed E-state index contributed by atoms with van der Waals surface area (Å²) in [4.78, 5) is 25.6. The van der Waals surface area contributed by atoms with E-state index in [4.69, 9.17) is 14.2 Å². The van der Waals surface area contributed by atoms with Gasteiger partial charge in [-0.3, -0.25) is 4.68 Å². The molecule has 9 nitrogen and oxygen atoms in total. The van der Waals surface area contributed by atoms with Crippen molar-refractivity contribution in [2.75, 3.05) is 21.3 Å². The molecular weight excluding hydrogens is 424 g/mol. The van der Waals surface area contributed by atoms with E-state index in [0.717, 1.165) is 5.56 Å². The lowest BCUT2D eigenvalue weighted by molar-refractivity contribution is 0.0549. The highest BCUT2D eigenvalue weighted by Gasteiger charge is 2.31. The zero-order chi connectivity index (χ0) is 23.4. The SMILES string of the molecule is COC(=O)c1c(-c2ccc(OC)c(Cn3cccn3)c2)nn(-c2ccccc2)c1C(=O)OC. The first kappa shape index (κ1) is 21.8. The van der Waals surface area contributed by atoms with E-state index in [0.29, 0.717) is 23.5 Å². The van der Waals surface area contributed by atoms with Crippen molar-refractivity contribution in [3.8, 4) is 22.7 Å². The Morgan fingerprint density at radius 1 is 0.939 bits per heavy atom. The van der Waals surface area contributed by atoms with Gasteiger partial charge >= 0.3 is 11.9 Å². The number of hydrogen-bond acceptors (Lipinski definition) is 7. The van der Waals surface area contributed by atoms with Gasteiger partial charge < -0.3 is 14.2 Å². The number of nitrogens with zero attached hydrogens (tertiary/aromatic N) is 4. The van der Waals surface area contributed by atoms with Gasteiger partial charge in [0.25, 0.3) is 0 Å². The molecule has 0 saturated heterocycles. The number of hydrogen-bond donors (Lipinski definition) is 0. The predicted octanol–water partition coefficient (Wildman–Crippen LogP) is 3.37. The van der Waals surface area contributed by atoms with Crippen molar-refractivity contribution in [1.82, 2.24) is 19.6 Å². The first-order valence-electron chi connectivity index (χ1n) is 10.1. The van der Waals surface area contributed by atoms with Gasteiger partial charge in [-0.25, -0.2) is 14.3 Å². The second-order valence-corrected chi connectivity index (χ2v) is 7.03. The average molecular weight is 446 g/mol. The number of esters is 2. The summed E-state index contributed by atoms with van der Waals surface area (Å²) in [5, 5.41) is 8.88. The summed E-state index contributed by atoms with van der Waals surface area (Å²) >= 11 is 0. The number of rotatable bonds is 7. The van der Waals surface area contributed by atoms with Crippen LogP contribution in [0.3, 0.4) is 0 Å². The summed E-state index contributed by atoms with van der Waals surface area (Å²) in [5.41, 5.74) is 2.31. The molecule has 0 atom stereocenters. The Morgan fingerprint density at radius 2 is 1.70 bits per heavy atom. The third-order valence-corrected chi connectivity index (χ3v) is 5.10. The highest BCUT2D eigenvalue weighted by atomic mass is 16.5. The third kappa shape index (κ3) is 4.20. The van der Waals surface area contributed by atoms with E-state index in [1.54, 1.807) is 42.3 Å². The van der Waals surface area contributed by atoms with Gasteiger partial charge in [-0.2, -0.15) is 10.2 Å². The molecule has 0 aliphatic heterocycles. The van der Waals surface area contributed by atoms with E-state index in [1.165, 1.54) is 18.9 Å². The molecule has 0 aliphatic carbocycles. The summed E-state index contributed by atoms with van der Waals surface area (Å²) in [7, 11) is 4.09. The molecule has 2 aromatic carbocycles.